The lowest BCUT2D eigenvalue weighted by Gasteiger charge is -2.26. The summed E-state index contributed by atoms with van der Waals surface area (Å²) in [6.07, 6.45) is 18.9. The summed E-state index contributed by atoms with van der Waals surface area (Å²) in [5.74, 6) is 0.394. The van der Waals surface area contributed by atoms with E-state index in [1.807, 2.05) is 0 Å². The number of carbonyl (C=O) groups is 1. The highest BCUT2D eigenvalue weighted by molar-refractivity contribution is 5.96. The monoisotopic (exact) mass is 322 g/mol. The number of Topliss-reactive ketones (excluding diaryl/α,β-unsaturated/α-hetero) is 1. The lowest BCUT2D eigenvalue weighted by atomic mass is 9.78. The fraction of sp³-hybridized carbons (Fsp3) is 0.857. The molecule has 0 atom stereocenters. The fourth-order valence-electron chi connectivity index (χ4n) is 3.45. The Balaban J connectivity index is 1.94. The molecule has 0 bridgehead atoms. The van der Waals surface area contributed by atoms with Gasteiger partial charge in [0.2, 0.25) is 0 Å². The van der Waals surface area contributed by atoms with Gasteiger partial charge in [0, 0.05) is 13.0 Å². The highest BCUT2D eigenvalue weighted by atomic mass is 16.2. The Bertz CT molecular complexity index is 355. The van der Waals surface area contributed by atoms with Crippen LogP contribution in [0.15, 0.2) is 11.6 Å². The molecule has 0 saturated heterocycles. The Morgan fingerprint density at radius 2 is 1.35 bits per heavy atom. The minimum atomic E-state index is 0.223. The topological polar surface area (TPSA) is 37.3 Å². The Morgan fingerprint density at radius 1 is 0.870 bits per heavy atom. The van der Waals surface area contributed by atoms with E-state index in [4.69, 9.17) is 5.11 Å². The number of aliphatic hydroxyl groups is 1. The number of unbranched alkanes of at least 4 members (excludes halogenated alkanes) is 10. The third-order valence-electron chi connectivity index (χ3n) is 5.02. The summed E-state index contributed by atoms with van der Waals surface area (Å²) in [5, 5.41) is 8.71. The van der Waals surface area contributed by atoms with Crippen LogP contribution in [0.1, 0.15) is 104 Å². The summed E-state index contributed by atoms with van der Waals surface area (Å²) < 4.78 is 0. The summed E-state index contributed by atoms with van der Waals surface area (Å²) in [7, 11) is 0. The quantitative estimate of drug-likeness (QED) is 0.424. The molecule has 0 spiro atoms. The maximum Gasteiger partial charge on any atom is 0.158 e. The SMILES string of the molecule is CC1(C)C=C(CCCCCCCCCCCCCO)C(=O)CC1. The van der Waals surface area contributed by atoms with Crippen molar-refractivity contribution in [2.24, 2.45) is 5.41 Å². The van der Waals surface area contributed by atoms with E-state index in [2.05, 4.69) is 19.9 Å². The minimum absolute atomic E-state index is 0.223. The van der Waals surface area contributed by atoms with Crippen molar-refractivity contribution in [3.63, 3.8) is 0 Å². The van der Waals surface area contributed by atoms with Crippen molar-refractivity contribution in [2.75, 3.05) is 6.61 Å². The second-order valence-electron chi connectivity index (χ2n) is 7.94. The first kappa shape index (κ1) is 20.4. The maximum absolute atomic E-state index is 11.9. The van der Waals surface area contributed by atoms with Gasteiger partial charge in [-0.15, -0.1) is 0 Å². The van der Waals surface area contributed by atoms with Crippen molar-refractivity contribution in [2.45, 2.75) is 104 Å². The molecular formula is C21H38O2. The molecule has 0 radical (unpaired) electrons. The molecule has 1 N–H and O–H groups in total. The zero-order chi connectivity index (χ0) is 17.0. The molecular weight excluding hydrogens is 284 g/mol. The molecule has 0 fully saturated rings. The van der Waals surface area contributed by atoms with Crippen LogP contribution in [-0.2, 0) is 4.79 Å². The minimum Gasteiger partial charge on any atom is -0.396 e. The molecule has 0 aromatic carbocycles. The second-order valence-corrected chi connectivity index (χ2v) is 7.94. The molecule has 0 aromatic rings. The van der Waals surface area contributed by atoms with E-state index >= 15 is 0 Å². The molecule has 0 saturated carbocycles. The zero-order valence-corrected chi connectivity index (χ0v) is 15.5. The Hall–Kier alpha value is -0.630. The highest BCUT2D eigenvalue weighted by Crippen LogP contribution is 2.33. The number of carbonyl (C=O) groups excluding carboxylic acids is 1. The largest absolute Gasteiger partial charge is 0.396 e. The molecule has 23 heavy (non-hydrogen) atoms. The number of aliphatic hydroxyl groups excluding tert-OH is 1. The number of rotatable bonds is 13. The van der Waals surface area contributed by atoms with Gasteiger partial charge < -0.3 is 5.11 Å². The van der Waals surface area contributed by atoms with Gasteiger partial charge in [-0.1, -0.05) is 77.7 Å². The van der Waals surface area contributed by atoms with Crippen molar-refractivity contribution in [1.82, 2.24) is 0 Å². The fourth-order valence-corrected chi connectivity index (χ4v) is 3.45. The average molecular weight is 323 g/mol. The predicted molar refractivity (Wildman–Crippen MR) is 98.6 cm³/mol. The lowest BCUT2D eigenvalue weighted by Crippen LogP contribution is -2.19. The van der Waals surface area contributed by atoms with Gasteiger partial charge in [-0.05, 0) is 36.7 Å². The molecule has 0 heterocycles. The van der Waals surface area contributed by atoms with Crippen LogP contribution in [0.2, 0.25) is 0 Å². The number of ketones is 1. The van der Waals surface area contributed by atoms with Crippen molar-refractivity contribution in [3.05, 3.63) is 11.6 Å². The molecule has 0 amide bonds. The lowest BCUT2D eigenvalue weighted by molar-refractivity contribution is -0.116. The second kappa shape index (κ2) is 11.8. The first-order valence-corrected chi connectivity index (χ1v) is 9.91. The standard InChI is InChI=1S/C21H38O2/c1-21(2)16-15-20(23)19(18-21)14-12-10-8-6-4-3-5-7-9-11-13-17-22/h18,22H,3-17H2,1-2H3. The van der Waals surface area contributed by atoms with Gasteiger partial charge in [0.05, 0.1) is 0 Å². The smallest absolute Gasteiger partial charge is 0.158 e. The molecule has 2 heteroatoms. The molecule has 1 rings (SSSR count). The van der Waals surface area contributed by atoms with Gasteiger partial charge >= 0.3 is 0 Å². The Kier molecular flexibility index (Phi) is 10.5. The van der Waals surface area contributed by atoms with Crippen molar-refractivity contribution < 1.29 is 9.90 Å². The van der Waals surface area contributed by atoms with Gasteiger partial charge in [-0.25, -0.2) is 0 Å². The van der Waals surface area contributed by atoms with E-state index in [0.717, 1.165) is 31.3 Å². The van der Waals surface area contributed by atoms with Crippen LogP contribution < -0.4 is 0 Å². The third kappa shape index (κ3) is 9.96. The molecule has 134 valence electrons. The Morgan fingerprint density at radius 3 is 1.87 bits per heavy atom. The third-order valence-corrected chi connectivity index (χ3v) is 5.02. The number of hydrogen-bond donors (Lipinski definition) is 1. The zero-order valence-electron chi connectivity index (χ0n) is 15.5. The molecule has 1 aliphatic carbocycles. The van der Waals surface area contributed by atoms with Crippen molar-refractivity contribution >= 4 is 5.78 Å². The molecule has 0 unspecified atom stereocenters. The van der Waals surface area contributed by atoms with Gasteiger partial charge in [-0.2, -0.15) is 0 Å². The van der Waals surface area contributed by atoms with Crippen LogP contribution in [0.3, 0.4) is 0 Å². The van der Waals surface area contributed by atoms with Gasteiger partial charge in [0.25, 0.3) is 0 Å². The summed E-state index contributed by atoms with van der Waals surface area (Å²) in [6, 6.07) is 0. The van der Waals surface area contributed by atoms with Crippen LogP contribution in [0.4, 0.5) is 0 Å². The van der Waals surface area contributed by atoms with Gasteiger partial charge in [0.15, 0.2) is 5.78 Å². The van der Waals surface area contributed by atoms with Crippen molar-refractivity contribution in [3.8, 4) is 0 Å². The number of hydrogen-bond acceptors (Lipinski definition) is 2. The maximum atomic E-state index is 11.9. The van der Waals surface area contributed by atoms with E-state index in [1.54, 1.807) is 0 Å². The first-order chi connectivity index (χ1) is 11.0. The van der Waals surface area contributed by atoms with E-state index in [9.17, 15) is 4.79 Å². The summed E-state index contributed by atoms with van der Waals surface area (Å²) in [5.41, 5.74) is 1.32. The van der Waals surface area contributed by atoms with Crippen LogP contribution in [0.25, 0.3) is 0 Å². The van der Waals surface area contributed by atoms with Crippen LogP contribution in [0, 0.1) is 5.41 Å². The summed E-state index contributed by atoms with van der Waals surface area (Å²) in [6.45, 7) is 4.83. The van der Waals surface area contributed by atoms with Crippen LogP contribution in [-0.4, -0.2) is 17.5 Å². The average Bonchev–Trinajstić information content (AvgIpc) is 2.51. The number of allylic oxidation sites excluding steroid dienone is 2. The summed E-state index contributed by atoms with van der Waals surface area (Å²) >= 11 is 0. The molecule has 1 aliphatic rings. The van der Waals surface area contributed by atoms with Crippen LogP contribution >= 0.6 is 0 Å². The van der Waals surface area contributed by atoms with Crippen molar-refractivity contribution in [1.29, 1.82) is 0 Å². The molecule has 0 aliphatic heterocycles. The molecule has 0 aromatic heterocycles. The van der Waals surface area contributed by atoms with Crippen LogP contribution in [0.5, 0.6) is 0 Å². The van der Waals surface area contributed by atoms with E-state index in [0.29, 0.717) is 12.4 Å². The van der Waals surface area contributed by atoms with Gasteiger partial charge in [0.1, 0.15) is 0 Å². The first-order valence-electron chi connectivity index (χ1n) is 9.91. The highest BCUT2D eigenvalue weighted by Gasteiger charge is 2.25. The normalized spacial score (nSPS) is 17.3. The van der Waals surface area contributed by atoms with Gasteiger partial charge in [-0.3, -0.25) is 4.79 Å². The van der Waals surface area contributed by atoms with E-state index < -0.39 is 0 Å². The van der Waals surface area contributed by atoms with E-state index in [-0.39, 0.29) is 5.41 Å². The van der Waals surface area contributed by atoms with E-state index in [1.165, 1.54) is 64.2 Å². The summed E-state index contributed by atoms with van der Waals surface area (Å²) in [4.78, 5) is 11.9. The molecule has 2 nitrogen and oxygen atoms in total. The Labute approximate surface area is 143 Å². The predicted octanol–water partition coefficient (Wildman–Crippen LogP) is 5.98.